The number of fused-ring (bicyclic) bond motifs is 1. The Hall–Kier alpha value is -3.59. The minimum absolute atomic E-state index is 0.0143. The molecule has 1 aliphatic heterocycles. The first-order valence-corrected chi connectivity index (χ1v) is 10.5. The molecule has 3 aromatic rings. The molecule has 0 unspecified atom stereocenters. The standard InChI is InChI=1S/C21H16FN3O4S/c22-15-3-1-4-16(13-15)24-30(28,29)17-8-6-14(7-9-17)10-12-25-20(26)18-5-2-11-23-19(18)21(25)27/h1-9,11,13,24H,10,12H2. The van der Waals surface area contributed by atoms with Gasteiger partial charge in [-0.2, -0.15) is 0 Å². The van der Waals surface area contributed by atoms with Crippen molar-refractivity contribution in [3.05, 3.63) is 89.5 Å². The number of sulfonamides is 1. The van der Waals surface area contributed by atoms with Crippen molar-refractivity contribution >= 4 is 27.5 Å². The summed E-state index contributed by atoms with van der Waals surface area (Å²) in [6.07, 6.45) is 1.83. The van der Waals surface area contributed by atoms with Gasteiger partial charge < -0.3 is 0 Å². The highest BCUT2D eigenvalue weighted by Gasteiger charge is 2.36. The molecule has 7 nitrogen and oxygen atoms in total. The topological polar surface area (TPSA) is 96.4 Å². The summed E-state index contributed by atoms with van der Waals surface area (Å²) >= 11 is 0. The molecule has 0 aliphatic carbocycles. The van der Waals surface area contributed by atoms with Crippen LogP contribution >= 0.6 is 0 Å². The van der Waals surface area contributed by atoms with Gasteiger partial charge in [0.05, 0.1) is 16.1 Å². The second kappa shape index (κ2) is 7.68. The molecule has 2 amide bonds. The average molecular weight is 425 g/mol. The fourth-order valence-electron chi connectivity index (χ4n) is 3.16. The highest BCUT2D eigenvalue weighted by Crippen LogP contribution is 2.21. The number of carbonyl (C=O) groups excluding carboxylic acids is 2. The van der Waals surface area contributed by atoms with Crippen molar-refractivity contribution in [3.8, 4) is 0 Å². The molecular formula is C21H16FN3O4S. The number of nitrogens with zero attached hydrogens (tertiary/aromatic N) is 2. The number of anilines is 1. The SMILES string of the molecule is O=C1c2cccnc2C(=O)N1CCc1ccc(S(=O)(=O)Nc2cccc(F)c2)cc1. The van der Waals surface area contributed by atoms with Crippen LogP contribution in [0.2, 0.25) is 0 Å². The Labute approximate surface area is 172 Å². The van der Waals surface area contributed by atoms with Gasteiger partial charge in [-0.05, 0) is 54.4 Å². The molecule has 0 fully saturated rings. The quantitative estimate of drug-likeness (QED) is 0.613. The third-order valence-electron chi connectivity index (χ3n) is 4.67. The fourth-order valence-corrected chi connectivity index (χ4v) is 4.21. The van der Waals surface area contributed by atoms with E-state index in [-0.39, 0.29) is 34.3 Å². The number of aromatic nitrogens is 1. The normalized spacial score (nSPS) is 13.4. The van der Waals surface area contributed by atoms with Crippen LogP contribution in [0.25, 0.3) is 0 Å². The molecule has 0 saturated carbocycles. The fraction of sp³-hybridized carbons (Fsp3) is 0.0952. The van der Waals surface area contributed by atoms with Crippen molar-refractivity contribution in [1.82, 2.24) is 9.88 Å². The number of halogens is 1. The average Bonchev–Trinajstić information content (AvgIpc) is 2.97. The van der Waals surface area contributed by atoms with Gasteiger partial charge in [-0.3, -0.25) is 24.2 Å². The van der Waals surface area contributed by atoms with E-state index in [0.29, 0.717) is 6.42 Å². The summed E-state index contributed by atoms with van der Waals surface area (Å²) in [6, 6.07) is 14.4. The van der Waals surface area contributed by atoms with Gasteiger partial charge in [0.15, 0.2) is 0 Å². The summed E-state index contributed by atoms with van der Waals surface area (Å²) in [7, 11) is -3.87. The summed E-state index contributed by atoms with van der Waals surface area (Å²) < 4.78 is 40.5. The van der Waals surface area contributed by atoms with E-state index in [9.17, 15) is 22.4 Å². The number of benzene rings is 2. The van der Waals surface area contributed by atoms with Crippen molar-refractivity contribution in [2.24, 2.45) is 0 Å². The number of rotatable bonds is 6. The summed E-state index contributed by atoms with van der Waals surface area (Å²) in [5.74, 6) is -1.37. The lowest BCUT2D eigenvalue weighted by Gasteiger charge is -2.13. The van der Waals surface area contributed by atoms with Crippen molar-refractivity contribution in [2.75, 3.05) is 11.3 Å². The molecule has 0 saturated heterocycles. The van der Waals surface area contributed by atoms with Crippen LogP contribution in [0.3, 0.4) is 0 Å². The van der Waals surface area contributed by atoms with Crippen LogP contribution in [-0.4, -0.2) is 36.7 Å². The largest absolute Gasteiger partial charge is 0.280 e. The van der Waals surface area contributed by atoms with E-state index < -0.39 is 21.7 Å². The third kappa shape index (κ3) is 3.79. The number of hydrogen-bond donors (Lipinski definition) is 1. The smallest absolute Gasteiger partial charge is 0.280 e. The van der Waals surface area contributed by atoms with E-state index in [0.717, 1.165) is 16.5 Å². The van der Waals surface area contributed by atoms with E-state index in [1.165, 1.54) is 36.5 Å². The zero-order valence-corrected chi connectivity index (χ0v) is 16.4. The van der Waals surface area contributed by atoms with Crippen molar-refractivity contribution < 1.29 is 22.4 Å². The monoisotopic (exact) mass is 425 g/mol. The molecule has 0 radical (unpaired) electrons. The lowest BCUT2D eigenvalue weighted by atomic mass is 10.1. The van der Waals surface area contributed by atoms with Crippen LogP contribution in [0, 0.1) is 5.82 Å². The van der Waals surface area contributed by atoms with Crippen LogP contribution < -0.4 is 4.72 Å². The second-order valence-corrected chi connectivity index (χ2v) is 8.35. The van der Waals surface area contributed by atoms with Crippen LogP contribution in [0.15, 0.2) is 71.8 Å². The second-order valence-electron chi connectivity index (χ2n) is 6.67. The maximum atomic E-state index is 13.3. The van der Waals surface area contributed by atoms with E-state index in [1.54, 1.807) is 24.3 Å². The van der Waals surface area contributed by atoms with Crippen LogP contribution in [0.4, 0.5) is 10.1 Å². The molecule has 0 bridgehead atoms. The van der Waals surface area contributed by atoms with Gasteiger partial charge in [0.25, 0.3) is 21.8 Å². The van der Waals surface area contributed by atoms with E-state index >= 15 is 0 Å². The predicted octanol–water partition coefficient (Wildman–Crippen LogP) is 2.86. The molecule has 4 rings (SSSR count). The molecule has 1 N–H and O–H groups in total. The molecule has 30 heavy (non-hydrogen) atoms. The molecule has 0 spiro atoms. The zero-order valence-electron chi connectivity index (χ0n) is 15.6. The summed E-state index contributed by atoms with van der Waals surface area (Å²) in [5.41, 5.74) is 1.31. The maximum absolute atomic E-state index is 13.3. The van der Waals surface area contributed by atoms with Crippen molar-refractivity contribution in [2.45, 2.75) is 11.3 Å². The first-order valence-electron chi connectivity index (χ1n) is 9.04. The number of nitrogens with one attached hydrogen (secondary N) is 1. The Kier molecular flexibility index (Phi) is 5.04. The Morgan fingerprint density at radius 1 is 0.967 bits per heavy atom. The summed E-state index contributed by atoms with van der Waals surface area (Å²) in [6.45, 7) is 0.154. The highest BCUT2D eigenvalue weighted by molar-refractivity contribution is 7.92. The van der Waals surface area contributed by atoms with Crippen LogP contribution in [0.5, 0.6) is 0 Å². The van der Waals surface area contributed by atoms with Gasteiger partial charge in [-0.25, -0.2) is 12.8 Å². The molecule has 1 aromatic heterocycles. The minimum atomic E-state index is -3.87. The lowest BCUT2D eigenvalue weighted by molar-refractivity contribution is 0.0654. The molecule has 152 valence electrons. The highest BCUT2D eigenvalue weighted by atomic mass is 32.2. The number of carbonyl (C=O) groups is 2. The van der Waals surface area contributed by atoms with Gasteiger partial charge >= 0.3 is 0 Å². The third-order valence-corrected chi connectivity index (χ3v) is 6.06. The van der Waals surface area contributed by atoms with Gasteiger partial charge in [0.2, 0.25) is 0 Å². The van der Waals surface area contributed by atoms with Crippen molar-refractivity contribution in [3.63, 3.8) is 0 Å². The Morgan fingerprint density at radius 3 is 2.43 bits per heavy atom. The Bertz CT molecular complexity index is 1210. The van der Waals surface area contributed by atoms with E-state index in [1.807, 2.05) is 0 Å². The lowest BCUT2D eigenvalue weighted by Crippen LogP contribution is -2.31. The van der Waals surface area contributed by atoms with Crippen molar-refractivity contribution in [1.29, 1.82) is 0 Å². The maximum Gasteiger partial charge on any atom is 0.280 e. The summed E-state index contributed by atoms with van der Waals surface area (Å²) in [4.78, 5) is 29.8. The minimum Gasteiger partial charge on any atom is -0.280 e. The molecule has 9 heteroatoms. The predicted molar refractivity (Wildman–Crippen MR) is 107 cm³/mol. The Morgan fingerprint density at radius 2 is 1.73 bits per heavy atom. The number of hydrogen-bond acceptors (Lipinski definition) is 5. The molecule has 2 heterocycles. The van der Waals surface area contributed by atoms with Gasteiger partial charge in [0, 0.05) is 12.7 Å². The van der Waals surface area contributed by atoms with E-state index in [4.69, 9.17) is 0 Å². The molecule has 1 aliphatic rings. The van der Waals surface area contributed by atoms with E-state index in [2.05, 4.69) is 9.71 Å². The van der Waals surface area contributed by atoms with Crippen LogP contribution in [0.1, 0.15) is 26.4 Å². The van der Waals surface area contributed by atoms with Gasteiger partial charge in [0.1, 0.15) is 11.5 Å². The molecular weight excluding hydrogens is 409 g/mol. The molecule has 2 aromatic carbocycles. The number of imide groups is 1. The molecule has 0 atom stereocenters. The zero-order chi connectivity index (χ0) is 21.3. The van der Waals surface area contributed by atoms with Gasteiger partial charge in [-0.1, -0.05) is 18.2 Å². The summed E-state index contributed by atoms with van der Waals surface area (Å²) in [5, 5.41) is 0. The first-order chi connectivity index (χ1) is 14.3. The van der Waals surface area contributed by atoms with Gasteiger partial charge in [-0.15, -0.1) is 0 Å². The Balaban J connectivity index is 1.43. The first kappa shape index (κ1) is 19.7. The van der Waals surface area contributed by atoms with Crippen LogP contribution in [-0.2, 0) is 16.4 Å². The number of pyridine rings is 1. The number of amides is 2.